The van der Waals surface area contributed by atoms with Crippen LogP contribution in [0.3, 0.4) is 0 Å². The number of H-pyrrole nitrogens is 1. The molecule has 3 aromatic carbocycles. The fourth-order valence-electron chi connectivity index (χ4n) is 4.63. The summed E-state index contributed by atoms with van der Waals surface area (Å²) in [6.07, 6.45) is 4.86. The number of unbranched alkanes of at least 4 members (excludes halogenated alkanes) is 1. The molecular formula is C29H29N3O. The van der Waals surface area contributed by atoms with Gasteiger partial charge in [0.1, 0.15) is 11.3 Å². The van der Waals surface area contributed by atoms with Crippen molar-refractivity contribution in [2.45, 2.75) is 26.2 Å². The van der Waals surface area contributed by atoms with E-state index in [0.717, 1.165) is 52.7 Å². The SMILES string of the molecule is CCOc1ccc(-c2[nH]c3ccc(-c4ccccc4)cc3c2CCCCN)c2cccnc12. The zero-order valence-corrected chi connectivity index (χ0v) is 19.0. The van der Waals surface area contributed by atoms with Gasteiger partial charge in [0.15, 0.2) is 0 Å². The number of hydrogen-bond donors (Lipinski definition) is 2. The number of pyridine rings is 1. The van der Waals surface area contributed by atoms with Gasteiger partial charge in [-0.25, -0.2) is 0 Å². The van der Waals surface area contributed by atoms with Crippen LogP contribution in [0.15, 0.2) is 79.0 Å². The first-order valence-electron chi connectivity index (χ1n) is 11.7. The molecule has 2 heterocycles. The van der Waals surface area contributed by atoms with Crippen molar-refractivity contribution in [2.24, 2.45) is 5.73 Å². The van der Waals surface area contributed by atoms with Gasteiger partial charge in [0.05, 0.1) is 12.3 Å². The Morgan fingerprint density at radius 3 is 2.58 bits per heavy atom. The van der Waals surface area contributed by atoms with Crippen LogP contribution in [-0.4, -0.2) is 23.1 Å². The van der Waals surface area contributed by atoms with Crippen molar-refractivity contribution >= 4 is 21.8 Å². The average Bonchev–Trinajstić information content (AvgIpc) is 3.22. The number of hydrogen-bond acceptors (Lipinski definition) is 3. The molecule has 0 fully saturated rings. The molecule has 0 spiro atoms. The number of nitrogens with zero attached hydrogens (tertiary/aromatic N) is 1. The maximum atomic E-state index is 5.86. The molecule has 0 amide bonds. The van der Waals surface area contributed by atoms with Gasteiger partial charge < -0.3 is 15.5 Å². The number of aromatic amines is 1. The van der Waals surface area contributed by atoms with Gasteiger partial charge >= 0.3 is 0 Å². The highest BCUT2D eigenvalue weighted by Crippen LogP contribution is 2.39. The minimum Gasteiger partial charge on any atom is -0.492 e. The molecule has 0 atom stereocenters. The van der Waals surface area contributed by atoms with Gasteiger partial charge in [-0.15, -0.1) is 0 Å². The smallest absolute Gasteiger partial charge is 0.145 e. The molecule has 4 nitrogen and oxygen atoms in total. The molecule has 2 aromatic heterocycles. The lowest BCUT2D eigenvalue weighted by atomic mass is 9.96. The molecular weight excluding hydrogens is 406 g/mol. The van der Waals surface area contributed by atoms with E-state index < -0.39 is 0 Å². The largest absolute Gasteiger partial charge is 0.492 e. The van der Waals surface area contributed by atoms with E-state index >= 15 is 0 Å². The third kappa shape index (κ3) is 4.10. The van der Waals surface area contributed by atoms with Crippen LogP contribution in [0.2, 0.25) is 0 Å². The van der Waals surface area contributed by atoms with Crippen LogP contribution in [0.25, 0.3) is 44.2 Å². The molecule has 33 heavy (non-hydrogen) atoms. The maximum Gasteiger partial charge on any atom is 0.145 e. The molecule has 0 bridgehead atoms. The van der Waals surface area contributed by atoms with Gasteiger partial charge in [-0.05, 0) is 79.8 Å². The Labute approximate surface area is 194 Å². The lowest BCUT2D eigenvalue weighted by Gasteiger charge is -2.12. The molecule has 166 valence electrons. The summed E-state index contributed by atoms with van der Waals surface area (Å²) in [5.41, 5.74) is 14.0. The van der Waals surface area contributed by atoms with Crippen LogP contribution in [-0.2, 0) is 6.42 Å². The van der Waals surface area contributed by atoms with Crippen molar-refractivity contribution in [3.05, 3.63) is 84.6 Å². The van der Waals surface area contributed by atoms with Crippen molar-refractivity contribution in [2.75, 3.05) is 13.2 Å². The van der Waals surface area contributed by atoms with Gasteiger partial charge in [0.25, 0.3) is 0 Å². The summed E-state index contributed by atoms with van der Waals surface area (Å²) in [6, 6.07) is 25.6. The number of fused-ring (bicyclic) bond motifs is 2. The fourth-order valence-corrected chi connectivity index (χ4v) is 4.63. The van der Waals surface area contributed by atoms with Crippen LogP contribution in [0.4, 0.5) is 0 Å². The Hall–Kier alpha value is -3.63. The van der Waals surface area contributed by atoms with E-state index in [1.807, 2.05) is 25.3 Å². The number of nitrogens with one attached hydrogen (secondary N) is 1. The normalized spacial score (nSPS) is 11.3. The van der Waals surface area contributed by atoms with E-state index in [1.54, 1.807) is 0 Å². The summed E-state index contributed by atoms with van der Waals surface area (Å²) in [5, 5.41) is 2.37. The molecule has 0 radical (unpaired) electrons. The van der Waals surface area contributed by atoms with Crippen molar-refractivity contribution in [3.63, 3.8) is 0 Å². The Bertz CT molecular complexity index is 1390. The van der Waals surface area contributed by atoms with Crippen LogP contribution in [0.1, 0.15) is 25.3 Å². The second kappa shape index (κ2) is 9.47. The molecule has 5 aromatic rings. The van der Waals surface area contributed by atoms with E-state index in [1.165, 1.54) is 22.1 Å². The lowest BCUT2D eigenvalue weighted by Crippen LogP contribution is -1.99. The second-order valence-corrected chi connectivity index (χ2v) is 8.29. The summed E-state index contributed by atoms with van der Waals surface area (Å²) >= 11 is 0. The van der Waals surface area contributed by atoms with Crippen LogP contribution in [0.5, 0.6) is 5.75 Å². The van der Waals surface area contributed by atoms with E-state index in [4.69, 9.17) is 10.5 Å². The third-order valence-electron chi connectivity index (χ3n) is 6.20. The molecule has 0 aliphatic heterocycles. The predicted octanol–water partition coefficient (Wildman–Crippen LogP) is 6.73. The first-order chi connectivity index (χ1) is 16.3. The molecule has 4 heteroatoms. The van der Waals surface area contributed by atoms with Crippen molar-refractivity contribution in [1.29, 1.82) is 0 Å². The molecule has 5 rings (SSSR count). The molecule has 3 N–H and O–H groups in total. The summed E-state index contributed by atoms with van der Waals surface area (Å²) in [5.74, 6) is 0.823. The molecule has 0 aliphatic rings. The minimum atomic E-state index is 0.615. The Morgan fingerprint density at radius 2 is 1.76 bits per heavy atom. The highest BCUT2D eigenvalue weighted by molar-refractivity contribution is 6.02. The number of aryl methyl sites for hydroxylation is 1. The first-order valence-corrected chi connectivity index (χ1v) is 11.7. The fraction of sp³-hybridized carbons (Fsp3) is 0.207. The summed E-state index contributed by atoms with van der Waals surface area (Å²) < 4.78 is 5.86. The van der Waals surface area contributed by atoms with Crippen molar-refractivity contribution in [3.8, 4) is 28.1 Å². The summed E-state index contributed by atoms with van der Waals surface area (Å²) in [7, 11) is 0. The van der Waals surface area contributed by atoms with E-state index in [9.17, 15) is 0 Å². The van der Waals surface area contributed by atoms with Crippen LogP contribution >= 0.6 is 0 Å². The number of ether oxygens (including phenoxy) is 1. The molecule has 0 aliphatic carbocycles. The zero-order chi connectivity index (χ0) is 22.6. The van der Waals surface area contributed by atoms with Gasteiger partial charge in [0, 0.05) is 28.0 Å². The minimum absolute atomic E-state index is 0.615. The number of rotatable bonds is 8. The van der Waals surface area contributed by atoms with Gasteiger partial charge in [-0.1, -0.05) is 42.5 Å². The Kier molecular flexibility index (Phi) is 6.09. The van der Waals surface area contributed by atoms with Crippen molar-refractivity contribution < 1.29 is 4.74 Å². The quantitative estimate of drug-likeness (QED) is 0.266. The van der Waals surface area contributed by atoms with E-state index in [0.29, 0.717) is 13.2 Å². The Morgan fingerprint density at radius 1 is 0.879 bits per heavy atom. The molecule has 0 saturated heterocycles. The predicted molar refractivity (Wildman–Crippen MR) is 138 cm³/mol. The topological polar surface area (TPSA) is 63.9 Å². The third-order valence-corrected chi connectivity index (χ3v) is 6.20. The standard InChI is InChI=1S/C29H29N3O/c1-2-33-27-16-14-24(22-12-8-18-31-29(22)27)28-23(11-6-7-17-30)25-19-21(13-15-26(25)32-28)20-9-4-3-5-10-20/h3-5,8-10,12-16,18-19,32H,2,6-7,11,17,30H2,1H3. The maximum absolute atomic E-state index is 5.86. The van der Waals surface area contributed by atoms with Gasteiger partial charge in [0.2, 0.25) is 0 Å². The zero-order valence-electron chi connectivity index (χ0n) is 19.0. The number of aromatic nitrogens is 2. The highest BCUT2D eigenvalue weighted by atomic mass is 16.5. The van der Waals surface area contributed by atoms with Crippen molar-refractivity contribution in [1.82, 2.24) is 9.97 Å². The van der Waals surface area contributed by atoms with Crippen LogP contribution < -0.4 is 10.5 Å². The average molecular weight is 436 g/mol. The summed E-state index contributed by atoms with van der Waals surface area (Å²) in [6.45, 7) is 3.33. The second-order valence-electron chi connectivity index (χ2n) is 8.29. The van der Waals surface area contributed by atoms with Gasteiger partial charge in [-0.3, -0.25) is 4.98 Å². The number of benzene rings is 3. The van der Waals surface area contributed by atoms with Crippen LogP contribution in [0, 0.1) is 0 Å². The van der Waals surface area contributed by atoms with Gasteiger partial charge in [-0.2, -0.15) is 0 Å². The molecule has 0 unspecified atom stereocenters. The van der Waals surface area contributed by atoms with E-state index in [2.05, 4.69) is 70.6 Å². The monoisotopic (exact) mass is 435 g/mol. The number of nitrogens with two attached hydrogens (primary N) is 1. The van der Waals surface area contributed by atoms with E-state index in [-0.39, 0.29) is 0 Å². The molecule has 0 saturated carbocycles. The summed E-state index contributed by atoms with van der Waals surface area (Å²) in [4.78, 5) is 8.37. The Balaban J connectivity index is 1.71. The first kappa shape index (κ1) is 21.2. The highest BCUT2D eigenvalue weighted by Gasteiger charge is 2.17. The lowest BCUT2D eigenvalue weighted by molar-refractivity contribution is 0.343.